The van der Waals surface area contributed by atoms with Gasteiger partial charge in [0.1, 0.15) is 0 Å². The molecule has 0 saturated carbocycles. The van der Waals surface area contributed by atoms with Crippen molar-refractivity contribution in [3.63, 3.8) is 0 Å². The summed E-state index contributed by atoms with van der Waals surface area (Å²) in [5.74, 6) is 0. The molecule has 1 heterocycles. The second-order valence-electron chi connectivity index (χ2n) is 4.53. The first-order chi connectivity index (χ1) is 9.66. The van der Waals surface area contributed by atoms with Gasteiger partial charge in [0, 0.05) is 26.8 Å². The molecule has 3 aromatic rings. The molecule has 0 aliphatic heterocycles. The number of hydrogen-bond donors (Lipinski definition) is 1. The van der Waals surface area contributed by atoms with Crippen molar-refractivity contribution >= 4 is 49.8 Å². The number of pyridine rings is 1. The number of para-hydroxylation sites is 1. The van der Waals surface area contributed by atoms with Crippen molar-refractivity contribution < 1.29 is 0 Å². The summed E-state index contributed by atoms with van der Waals surface area (Å²) >= 11 is 9.70. The van der Waals surface area contributed by atoms with Gasteiger partial charge in [-0.15, -0.1) is 0 Å². The normalized spacial score (nSPS) is 10.8. The molecule has 4 heteroatoms. The van der Waals surface area contributed by atoms with Crippen LogP contribution >= 0.6 is 27.5 Å². The molecule has 1 aromatic heterocycles. The lowest BCUT2D eigenvalue weighted by Crippen LogP contribution is -1.94. The van der Waals surface area contributed by atoms with E-state index >= 15 is 0 Å². The average Bonchev–Trinajstić information content (AvgIpc) is 2.46. The van der Waals surface area contributed by atoms with Crippen molar-refractivity contribution in [2.75, 3.05) is 5.32 Å². The maximum absolute atomic E-state index is 6.16. The minimum atomic E-state index is 0.739. The van der Waals surface area contributed by atoms with Crippen LogP contribution in [0.3, 0.4) is 0 Å². The number of fused-ring (bicyclic) bond motifs is 1. The summed E-state index contributed by atoms with van der Waals surface area (Å²) in [7, 11) is 0. The highest BCUT2D eigenvalue weighted by Gasteiger charge is 2.08. The Morgan fingerprint density at radius 2 is 1.85 bits per heavy atom. The van der Waals surface area contributed by atoms with Crippen LogP contribution in [0.25, 0.3) is 10.9 Å². The topological polar surface area (TPSA) is 24.9 Å². The molecule has 3 rings (SSSR count). The van der Waals surface area contributed by atoms with Crippen LogP contribution in [0.2, 0.25) is 5.02 Å². The third kappa shape index (κ3) is 2.39. The van der Waals surface area contributed by atoms with E-state index in [1.54, 1.807) is 6.20 Å². The predicted molar refractivity (Wildman–Crippen MR) is 88.9 cm³/mol. The number of hydrogen-bond acceptors (Lipinski definition) is 2. The monoisotopic (exact) mass is 346 g/mol. The number of nitrogens with zero attached hydrogens (tertiary/aromatic N) is 1. The van der Waals surface area contributed by atoms with Crippen LogP contribution in [0.4, 0.5) is 11.4 Å². The minimum Gasteiger partial charge on any atom is -0.354 e. The molecule has 0 spiro atoms. The second-order valence-corrected chi connectivity index (χ2v) is 5.79. The third-order valence-corrected chi connectivity index (χ3v) is 4.34. The quantitative estimate of drug-likeness (QED) is 0.643. The van der Waals surface area contributed by atoms with E-state index in [9.17, 15) is 0 Å². The van der Waals surface area contributed by atoms with Crippen molar-refractivity contribution in [3.05, 3.63) is 63.7 Å². The van der Waals surface area contributed by atoms with Gasteiger partial charge in [-0.1, -0.05) is 23.7 Å². The van der Waals surface area contributed by atoms with Crippen LogP contribution < -0.4 is 5.32 Å². The number of aryl methyl sites for hydroxylation is 1. The van der Waals surface area contributed by atoms with Crippen molar-refractivity contribution in [1.82, 2.24) is 4.98 Å². The van der Waals surface area contributed by atoms with Gasteiger partial charge in [0.15, 0.2) is 0 Å². The predicted octanol–water partition coefficient (Wildman–Crippen LogP) is 5.70. The Kier molecular flexibility index (Phi) is 3.64. The molecule has 0 aliphatic carbocycles. The largest absolute Gasteiger partial charge is 0.354 e. The molecule has 0 amide bonds. The van der Waals surface area contributed by atoms with Crippen molar-refractivity contribution in [1.29, 1.82) is 0 Å². The van der Waals surface area contributed by atoms with Gasteiger partial charge in [-0.05, 0) is 58.7 Å². The molecule has 0 radical (unpaired) electrons. The Labute approximate surface area is 130 Å². The molecule has 0 fully saturated rings. The van der Waals surface area contributed by atoms with E-state index < -0.39 is 0 Å². The maximum atomic E-state index is 6.16. The summed E-state index contributed by atoms with van der Waals surface area (Å²) < 4.78 is 1.02. The van der Waals surface area contributed by atoms with Crippen molar-refractivity contribution in [2.24, 2.45) is 0 Å². The standard InChI is InChI=1S/C16H12BrClN2/c1-10-13(18)7-6-11-14(8-9-19-16(10)11)20-15-5-3-2-4-12(15)17/h2-9H,1H3,(H,19,20). The fourth-order valence-corrected chi connectivity index (χ4v) is 2.69. The first kappa shape index (κ1) is 13.4. The summed E-state index contributed by atoms with van der Waals surface area (Å²) in [6.07, 6.45) is 1.80. The fraction of sp³-hybridized carbons (Fsp3) is 0.0625. The number of halogens is 2. The first-order valence-corrected chi connectivity index (χ1v) is 7.39. The van der Waals surface area contributed by atoms with Gasteiger partial charge in [-0.3, -0.25) is 4.98 Å². The molecule has 100 valence electrons. The third-order valence-electron chi connectivity index (χ3n) is 3.24. The molecule has 0 atom stereocenters. The van der Waals surface area contributed by atoms with Gasteiger partial charge in [-0.2, -0.15) is 0 Å². The Hall–Kier alpha value is -1.58. The summed E-state index contributed by atoms with van der Waals surface area (Å²) in [6, 6.07) is 13.9. The van der Waals surface area contributed by atoms with E-state index in [0.29, 0.717) is 0 Å². The number of anilines is 2. The SMILES string of the molecule is Cc1c(Cl)ccc2c(Nc3ccccc3Br)ccnc12. The molecule has 0 bridgehead atoms. The highest BCUT2D eigenvalue weighted by molar-refractivity contribution is 9.10. The van der Waals surface area contributed by atoms with E-state index in [1.165, 1.54) is 0 Å². The zero-order valence-corrected chi connectivity index (χ0v) is 13.2. The van der Waals surface area contributed by atoms with E-state index in [2.05, 4.69) is 26.2 Å². The average molecular weight is 348 g/mol. The molecule has 0 unspecified atom stereocenters. The van der Waals surface area contributed by atoms with E-state index in [4.69, 9.17) is 11.6 Å². The highest BCUT2D eigenvalue weighted by atomic mass is 79.9. The van der Waals surface area contributed by atoms with Crippen molar-refractivity contribution in [3.8, 4) is 0 Å². The zero-order chi connectivity index (χ0) is 14.1. The molecule has 0 aliphatic rings. The number of rotatable bonds is 2. The Bertz CT molecular complexity index is 787. The van der Waals surface area contributed by atoms with Crippen LogP contribution in [0, 0.1) is 6.92 Å². The van der Waals surface area contributed by atoms with E-state index in [-0.39, 0.29) is 0 Å². The molecule has 20 heavy (non-hydrogen) atoms. The lowest BCUT2D eigenvalue weighted by Gasteiger charge is -2.12. The Morgan fingerprint density at radius 1 is 1.05 bits per heavy atom. The number of benzene rings is 2. The summed E-state index contributed by atoms with van der Waals surface area (Å²) in [4.78, 5) is 4.43. The van der Waals surface area contributed by atoms with E-state index in [1.807, 2.05) is 49.4 Å². The van der Waals surface area contributed by atoms with Crippen LogP contribution in [-0.2, 0) is 0 Å². The molecular formula is C16H12BrClN2. The second kappa shape index (κ2) is 5.43. The molecule has 2 aromatic carbocycles. The summed E-state index contributed by atoms with van der Waals surface area (Å²) in [6.45, 7) is 1.99. The maximum Gasteiger partial charge on any atom is 0.0766 e. The molecule has 1 N–H and O–H groups in total. The molecule has 0 saturated heterocycles. The highest BCUT2D eigenvalue weighted by Crippen LogP contribution is 2.32. The lowest BCUT2D eigenvalue weighted by molar-refractivity contribution is 1.36. The van der Waals surface area contributed by atoms with Gasteiger partial charge in [0.25, 0.3) is 0 Å². The lowest BCUT2D eigenvalue weighted by atomic mass is 10.1. The van der Waals surface area contributed by atoms with Gasteiger partial charge in [0.05, 0.1) is 11.2 Å². The van der Waals surface area contributed by atoms with Gasteiger partial charge < -0.3 is 5.32 Å². The van der Waals surface area contributed by atoms with Crippen molar-refractivity contribution in [2.45, 2.75) is 6.92 Å². The summed E-state index contributed by atoms with van der Waals surface area (Å²) in [5.41, 5.74) is 3.96. The van der Waals surface area contributed by atoms with Crippen LogP contribution in [0.5, 0.6) is 0 Å². The van der Waals surface area contributed by atoms with Crippen LogP contribution in [0.15, 0.2) is 53.1 Å². The van der Waals surface area contributed by atoms with Crippen LogP contribution in [0.1, 0.15) is 5.56 Å². The van der Waals surface area contributed by atoms with Gasteiger partial charge in [-0.25, -0.2) is 0 Å². The fourth-order valence-electron chi connectivity index (χ4n) is 2.15. The zero-order valence-electron chi connectivity index (χ0n) is 10.8. The van der Waals surface area contributed by atoms with Gasteiger partial charge >= 0.3 is 0 Å². The number of nitrogens with one attached hydrogen (secondary N) is 1. The van der Waals surface area contributed by atoms with E-state index in [0.717, 1.165) is 37.3 Å². The minimum absolute atomic E-state index is 0.739. The summed E-state index contributed by atoms with van der Waals surface area (Å²) in [5, 5.41) is 5.23. The Balaban J connectivity index is 2.13. The number of aromatic nitrogens is 1. The smallest absolute Gasteiger partial charge is 0.0766 e. The van der Waals surface area contributed by atoms with Crippen LogP contribution in [-0.4, -0.2) is 4.98 Å². The molecular weight excluding hydrogens is 336 g/mol. The first-order valence-electron chi connectivity index (χ1n) is 6.22. The van der Waals surface area contributed by atoms with Gasteiger partial charge in [0.2, 0.25) is 0 Å². The molecule has 2 nitrogen and oxygen atoms in total. The Morgan fingerprint density at radius 3 is 2.65 bits per heavy atom.